The third-order valence-electron chi connectivity index (χ3n) is 5.53. The minimum atomic E-state index is -0.443. The first-order valence-corrected chi connectivity index (χ1v) is 9.31. The number of allylic oxidation sites excluding steroid dienone is 1. The molecule has 4 heterocycles. The van der Waals surface area contributed by atoms with E-state index in [9.17, 15) is 14.0 Å². The molecule has 0 radical (unpaired) electrons. The number of hydrogen-bond acceptors (Lipinski definition) is 4. The van der Waals surface area contributed by atoms with Crippen molar-refractivity contribution in [1.29, 1.82) is 0 Å². The number of nitrogens with one attached hydrogen (secondary N) is 1. The lowest BCUT2D eigenvalue weighted by molar-refractivity contribution is 0.0968. The summed E-state index contributed by atoms with van der Waals surface area (Å²) in [6, 6.07) is 6.60. The van der Waals surface area contributed by atoms with Crippen molar-refractivity contribution in [2.24, 2.45) is 0 Å². The Morgan fingerprint density at radius 1 is 1.21 bits per heavy atom. The number of halogens is 1. The average molecular weight is 378 g/mol. The normalized spacial score (nSPS) is 15.8. The molecule has 28 heavy (non-hydrogen) atoms. The monoisotopic (exact) mass is 378 g/mol. The molecule has 142 valence electrons. The fourth-order valence-electron chi connectivity index (χ4n) is 4.26. The van der Waals surface area contributed by atoms with Gasteiger partial charge >= 0.3 is 0 Å². The van der Waals surface area contributed by atoms with Gasteiger partial charge in [0.25, 0.3) is 5.91 Å². The number of nitrogens with zero attached hydrogens (tertiary/aromatic N) is 3. The molecule has 0 unspecified atom stereocenters. The second-order valence-electron chi connectivity index (χ2n) is 7.08. The second kappa shape index (κ2) is 6.17. The van der Waals surface area contributed by atoms with Crippen molar-refractivity contribution in [1.82, 2.24) is 14.5 Å². The van der Waals surface area contributed by atoms with Gasteiger partial charge in [0.2, 0.25) is 5.43 Å². The molecular formula is C21H19FN4O2. The molecule has 5 rings (SSSR count). The molecule has 7 heteroatoms. The summed E-state index contributed by atoms with van der Waals surface area (Å²) in [6.07, 6.45) is 3.36. The molecule has 3 aromatic rings. The maximum Gasteiger partial charge on any atom is 0.268 e. The number of piperazine rings is 1. The van der Waals surface area contributed by atoms with Gasteiger partial charge in [-0.15, -0.1) is 6.58 Å². The molecule has 1 saturated heterocycles. The minimum Gasteiger partial charge on any atom is -0.367 e. The Labute approximate surface area is 160 Å². The van der Waals surface area contributed by atoms with E-state index in [0.717, 1.165) is 13.1 Å². The minimum absolute atomic E-state index is 0.0965. The molecule has 1 N–H and O–H groups in total. The first-order valence-electron chi connectivity index (χ1n) is 9.31. The molecule has 0 bridgehead atoms. The molecule has 0 spiro atoms. The van der Waals surface area contributed by atoms with E-state index in [1.807, 2.05) is 15.5 Å². The van der Waals surface area contributed by atoms with Crippen molar-refractivity contribution >= 4 is 22.5 Å². The summed E-state index contributed by atoms with van der Waals surface area (Å²) in [7, 11) is 0. The van der Waals surface area contributed by atoms with Gasteiger partial charge in [-0.2, -0.15) is 0 Å². The Morgan fingerprint density at radius 3 is 2.75 bits per heavy atom. The van der Waals surface area contributed by atoms with Crippen LogP contribution in [0.2, 0.25) is 0 Å². The van der Waals surface area contributed by atoms with Gasteiger partial charge in [-0.3, -0.25) is 14.2 Å². The lowest BCUT2D eigenvalue weighted by Crippen LogP contribution is -2.43. The van der Waals surface area contributed by atoms with Gasteiger partial charge in [0, 0.05) is 44.3 Å². The number of rotatable bonds is 3. The van der Waals surface area contributed by atoms with Crippen molar-refractivity contribution in [2.45, 2.75) is 6.54 Å². The molecule has 0 atom stereocenters. The molecule has 1 fully saturated rings. The van der Waals surface area contributed by atoms with E-state index in [1.54, 1.807) is 24.4 Å². The number of pyridine rings is 1. The Bertz CT molecular complexity index is 1200. The summed E-state index contributed by atoms with van der Waals surface area (Å²) >= 11 is 0. The van der Waals surface area contributed by atoms with Gasteiger partial charge in [0.1, 0.15) is 11.4 Å². The third kappa shape index (κ3) is 2.23. The summed E-state index contributed by atoms with van der Waals surface area (Å²) in [5.41, 5.74) is 2.01. The van der Waals surface area contributed by atoms with Gasteiger partial charge in [-0.25, -0.2) is 4.39 Å². The van der Waals surface area contributed by atoms with Crippen LogP contribution in [0.25, 0.3) is 22.3 Å². The van der Waals surface area contributed by atoms with Crippen LogP contribution in [0.15, 0.2) is 47.9 Å². The van der Waals surface area contributed by atoms with Crippen LogP contribution in [-0.2, 0) is 6.54 Å². The highest BCUT2D eigenvalue weighted by Crippen LogP contribution is 2.35. The lowest BCUT2D eigenvalue weighted by Gasteiger charge is -2.30. The zero-order valence-electron chi connectivity index (χ0n) is 15.2. The molecule has 0 aliphatic carbocycles. The Balaban J connectivity index is 1.85. The fraction of sp³-hybridized carbons (Fsp3) is 0.238. The van der Waals surface area contributed by atoms with E-state index in [4.69, 9.17) is 0 Å². The predicted octanol–water partition coefficient (Wildman–Crippen LogP) is 2.21. The molecule has 2 aliphatic rings. The van der Waals surface area contributed by atoms with Crippen LogP contribution in [-0.4, -0.2) is 41.2 Å². The van der Waals surface area contributed by atoms with Gasteiger partial charge in [0.15, 0.2) is 0 Å². The molecule has 2 aliphatic heterocycles. The van der Waals surface area contributed by atoms with Crippen LogP contribution >= 0.6 is 0 Å². The molecule has 2 aromatic heterocycles. The third-order valence-corrected chi connectivity index (χ3v) is 5.53. The van der Waals surface area contributed by atoms with Gasteiger partial charge in [-0.05, 0) is 24.3 Å². The maximum atomic E-state index is 14.9. The van der Waals surface area contributed by atoms with E-state index in [1.165, 1.54) is 10.6 Å². The van der Waals surface area contributed by atoms with Crippen molar-refractivity contribution in [3.63, 3.8) is 0 Å². The Morgan fingerprint density at radius 2 is 2.00 bits per heavy atom. The fourth-order valence-corrected chi connectivity index (χ4v) is 4.26. The van der Waals surface area contributed by atoms with Crippen LogP contribution < -0.4 is 15.6 Å². The highest BCUT2D eigenvalue weighted by molar-refractivity contribution is 6.10. The quantitative estimate of drug-likeness (QED) is 0.556. The molecule has 1 aromatic carbocycles. The average Bonchev–Trinajstić information content (AvgIpc) is 3.28. The Kier molecular flexibility index (Phi) is 3.73. The van der Waals surface area contributed by atoms with Crippen molar-refractivity contribution < 1.29 is 9.18 Å². The SMILES string of the molecule is C=CCn1c2c(c(=O)c3cc(F)c(N4CCNCC4)cc31)C(=O)n1cccc1-2. The number of hydrogen-bond donors (Lipinski definition) is 1. The first-order chi connectivity index (χ1) is 13.6. The smallest absolute Gasteiger partial charge is 0.268 e. The zero-order valence-corrected chi connectivity index (χ0v) is 15.2. The summed E-state index contributed by atoms with van der Waals surface area (Å²) in [6.45, 7) is 7.18. The standard InChI is InChI=1S/C21H19FN4O2/c1-2-7-25-16-12-17(24-9-5-23-6-10-24)14(22)11-13(16)20(27)18-19(25)15-4-3-8-26(15)21(18)28/h2-4,8,11-12,23H,1,5-7,9-10H2. The van der Waals surface area contributed by atoms with E-state index in [0.29, 0.717) is 42.2 Å². The highest BCUT2D eigenvalue weighted by Gasteiger charge is 2.33. The lowest BCUT2D eigenvalue weighted by atomic mass is 10.1. The van der Waals surface area contributed by atoms with Gasteiger partial charge < -0.3 is 14.8 Å². The summed E-state index contributed by atoms with van der Waals surface area (Å²) in [4.78, 5) is 27.9. The van der Waals surface area contributed by atoms with Crippen LogP contribution in [0.3, 0.4) is 0 Å². The van der Waals surface area contributed by atoms with Crippen molar-refractivity contribution in [3.8, 4) is 11.4 Å². The first kappa shape index (κ1) is 16.9. The van der Waals surface area contributed by atoms with E-state index in [2.05, 4.69) is 11.9 Å². The predicted molar refractivity (Wildman–Crippen MR) is 107 cm³/mol. The summed E-state index contributed by atoms with van der Waals surface area (Å²) < 4.78 is 18.3. The van der Waals surface area contributed by atoms with Crippen molar-refractivity contribution in [3.05, 3.63) is 64.7 Å². The Hall–Kier alpha value is -3.19. The number of fused-ring (bicyclic) bond motifs is 4. The summed E-state index contributed by atoms with van der Waals surface area (Å²) in [5.74, 6) is -0.812. The number of benzene rings is 1. The topological polar surface area (TPSA) is 59.3 Å². The van der Waals surface area contributed by atoms with Crippen LogP contribution in [0, 0.1) is 5.82 Å². The number of anilines is 1. The molecule has 6 nitrogen and oxygen atoms in total. The zero-order chi connectivity index (χ0) is 19.4. The molecule has 0 saturated carbocycles. The summed E-state index contributed by atoms with van der Waals surface area (Å²) in [5, 5.41) is 3.47. The van der Waals surface area contributed by atoms with Crippen LogP contribution in [0.1, 0.15) is 10.4 Å². The van der Waals surface area contributed by atoms with Gasteiger partial charge in [0.05, 0.1) is 22.6 Å². The second-order valence-corrected chi connectivity index (χ2v) is 7.08. The van der Waals surface area contributed by atoms with E-state index in [-0.39, 0.29) is 16.9 Å². The van der Waals surface area contributed by atoms with Crippen LogP contribution in [0.4, 0.5) is 10.1 Å². The van der Waals surface area contributed by atoms with E-state index >= 15 is 0 Å². The van der Waals surface area contributed by atoms with Gasteiger partial charge in [-0.1, -0.05) is 6.08 Å². The van der Waals surface area contributed by atoms with Crippen molar-refractivity contribution in [2.75, 3.05) is 31.1 Å². The number of aromatic nitrogens is 2. The van der Waals surface area contributed by atoms with Crippen LogP contribution in [0.5, 0.6) is 0 Å². The molecule has 0 amide bonds. The number of carbonyl (C=O) groups excluding carboxylic acids is 1. The maximum absolute atomic E-state index is 14.9. The largest absolute Gasteiger partial charge is 0.367 e. The van der Waals surface area contributed by atoms with E-state index < -0.39 is 11.2 Å². The number of carbonyl (C=O) groups is 1. The highest BCUT2D eigenvalue weighted by atomic mass is 19.1. The molecular weight excluding hydrogens is 359 g/mol.